The Hall–Kier alpha value is -2.89. The molecule has 2 aromatic rings. The number of Topliss-reactive ketones (excluding diaryl/α,β-unsaturated/α-hetero) is 1. The van der Waals surface area contributed by atoms with Crippen molar-refractivity contribution in [2.45, 2.75) is 46.1 Å². The summed E-state index contributed by atoms with van der Waals surface area (Å²) < 4.78 is 11.8. The zero-order chi connectivity index (χ0) is 20.3. The Labute approximate surface area is 164 Å². The summed E-state index contributed by atoms with van der Waals surface area (Å²) in [4.78, 5) is 36.3. The number of ether oxygens (including phenoxy) is 2. The van der Waals surface area contributed by atoms with Crippen LogP contribution in [0.25, 0.3) is 0 Å². The lowest BCUT2D eigenvalue weighted by Gasteiger charge is -2.09. The number of carbonyl (C=O) groups excluding carboxylic acids is 3. The van der Waals surface area contributed by atoms with Crippen molar-refractivity contribution in [2.24, 2.45) is 0 Å². The largest absolute Gasteiger partial charge is 0.469 e. The fourth-order valence-corrected chi connectivity index (χ4v) is 3.72. The lowest BCUT2D eigenvalue weighted by Crippen LogP contribution is -2.15. The molecule has 1 aromatic heterocycles. The predicted octanol–water partition coefficient (Wildman–Crippen LogP) is 3.20. The van der Waals surface area contributed by atoms with E-state index in [-0.39, 0.29) is 24.8 Å². The van der Waals surface area contributed by atoms with Gasteiger partial charge in [0.15, 0.2) is 6.61 Å². The first kappa shape index (κ1) is 19.9. The van der Waals surface area contributed by atoms with Gasteiger partial charge >= 0.3 is 11.9 Å². The van der Waals surface area contributed by atoms with Crippen LogP contribution in [0.15, 0.2) is 24.3 Å². The minimum Gasteiger partial charge on any atom is -0.469 e. The zero-order valence-corrected chi connectivity index (χ0v) is 16.5. The molecule has 0 saturated heterocycles. The van der Waals surface area contributed by atoms with E-state index >= 15 is 0 Å². The maximum Gasteiger partial charge on any atom is 0.338 e. The molecule has 0 saturated carbocycles. The van der Waals surface area contributed by atoms with E-state index in [0.29, 0.717) is 17.7 Å². The van der Waals surface area contributed by atoms with Gasteiger partial charge in [-0.2, -0.15) is 0 Å². The SMILES string of the molecule is COC(=O)CCn1c(C)cc(C(=O)COC(=O)c2ccc3c(c2)CCC3)c1C. The highest BCUT2D eigenvalue weighted by molar-refractivity contribution is 6.00. The second-order valence-electron chi connectivity index (χ2n) is 7.10. The monoisotopic (exact) mass is 383 g/mol. The second kappa shape index (κ2) is 8.42. The number of esters is 2. The second-order valence-corrected chi connectivity index (χ2v) is 7.10. The highest BCUT2D eigenvalue weighted by atomic mass is 16.5. The fourth-order valence-electron chi connectivity index (χ4n) is 3.72. The van der Waals surface area contributed by atoms with Crippen molar-refractivity contribution >= 4 is 17.7 Å². The third kappa shape index (κ3) is 4.16. The maximum absolute atomic E-state index is 12.6. The number of aryl methyl sites for hydroxylation is 3. The number of benzene rings is 1. The first-order valence-electron chi connectivity index (χ1n) is 9.46. The van der Waals surface area contributed by atoms with Gasteiger partial charge in [0, 0.05) is 23.5 Å². The Bertz CT molecular complexity index is 925. The lowest BCUT2D eigenvalue weighted by molar-refractivity contribution is -0.140. The summed E-state index contributed by atoms with van der Waals surface area (Å²) in [5.41, 5.74) is 5.08. The number of rotatable bonds is 7. The van der Waals surface area contributed by atoms with E-state index in [0.717, 1.165) is 30.7 Å². The molecule has 0 aliphatic heterocycles. The van der Waals surface area contributed by atoms with Crippen molar-refractivity contribution in [3.05, 3.63) is 57.9 Å². The Morgan fingerprint density at radius 2 is 1.82 bits per heavy atom. The van der Waals surface area contributed by atoms with Crippen molar-refractivity contribution in [3.8, 4) is 0 Å². The van der Waals surface area contributed by atoms with Gasteiger partial charge in [-0.25, -0.2) is 4.79 Å². The minimum absolute atomic E-state index is 0.230. The van der Waals surface area contributed by atoms with Crippen LogP contribution in [0.3, 0.4) is 0 Å². The Morgan fingerprint density at radius 1 is 1.07 bits per heavy atom. The normalized spacial score (nSPS) is 12.5. The maximum atomic E-state index is 12.6. The lowest BCUT2D eigenvalue weighted by atomic mass is 10.1. The van der Waals surface area contributed by atoms with E-state index in [1.165, 1.54) is 18.2 Å². The fraction of sp³-hybridized carbons (Fsp3) is 0.409. The van der Waals surface area contributed by atoms with Crippen LogP contribution in [0.5, 0.6) is 0 Å². The van der Waals surface area contributed by atoms with Crippen molar-refractivity contribution in [1.29, 1.82) is 0 Å². The predicted molar refractivity (Wildman–Crippen MR) is 104 cm³/mol. The molecule has 0 amide bonds. The van der Waals surface area contributed by atoms with Crippen molar-refractivity contribution < 1.29 is 23.9 Å². The first-order chi connectivity index (χ1) is 13.4. The van der Waals surface area contributed by atoms with Gasteiger partial charge in [0.05, 0.1) is 19.1 Å². The van der Waals surface area contributed by atoms with Gasteiger partial charge in [-0.15, -0.1) is 0 Å². The molecule has 3 rings (SSSR count). The van der Waals surface area contributed by atoms with Crippen LogP contribution in [0.4, 0.5) is 0 Å². The summed E-state index contributed by atoms with van der Waals surface area (Å²) in [5.74, 6) is -1.04. The quantitative estimate of drug-likeness (QED) is 0.542. The van der Waals surface area contributed by atoms with Crippen LogP contribution in [-0.4, -0.2) is 36.0 Å². The molecule has 1 aliphatic rings. The zero-order valence-electron chi connectivity index (χ0n) is 16.5. The molecule has 1 aromatic carbocycles. The van der Waals surface area contributed by atoms with Crippen LogP contribution in [-0.2, 0) is 33.7 Å². The topological polar surface area (TPSA) is 74.6 Å². The molecule has 0 bridgehead atoms. The third-order valence-electron chi connectivity index (χ3n) is 5.31. The van der Waals surface area contributed by atoms with Gasteiger partial charge in [0.2, 0.25) is 5.78 Å². The molecular formula is C22H25NO5. The van der Waals surface area contributed by atoms with Gasteiger partial charge in [-0.05, 0) is 62.4 Å². The number of hydrogen-bond donors (Lipinski definition) is 0. The van der Waals surface area contributed by atoms with Gasteiger partial charge in [0.25, 0.3) is 0 Å². The summed E-state index contributed by atoms with van der Waals surface area (Å²) >= 11 is 0. The molecule has 0 spiro atoms. The summed E-state index contributed by atoms with van der Waals surface area (Å²) in [5, 5.41) is 0. The van der Waals surface area contributed by atoms with E-state index in [1.807, 2.05) is 30.5 Å². The number of carbonyl (C=O) groups is 3. The molecule has 1 heterocycles. The number of aromatic nitrogens is 1. The molecule has 0 unspecified atom stereocenters. The van der Waals surface area contributed by atoms with Crippen LogP contribution in [0, 0.1) is 13.8 Å². The van der Waals surface area contributed by atoms with Crippen LogP contribution >= 0.6 is 0 Å². The van der Waals surface area contributed by atoms with E-state index in [2.05, 4.69) is 4.74 Å². The van der Waals surface area contributed by atoms with Gasteiger partial charge in [0.1, 0.15) is 0 Å². The van der Waals surface area contributed by atoms with E-state index in [9.17, 15) is 14.4 Å². The average molecular weight is 383 g/mol. The molecule has 0 fully saturated rings. The van der Waals surface area contributed by atoms with E-state index < -0.39 is 5.97 Å². The molecular weight excluding hydrogens is 358 g/mol. The van der Waals surface area contributed by atoms with Crippen molar-refractivity contribution in [3.63, 3.8) is 0 Å². The summed E-state index contributed by atoms with van der Waals surface area (Å²) in [6.45, 7) is 3.82. The minimum atomic E-state index is -0.484. The van der Waals surface area contributed by atoms with Crippen molar-refractivity contribution in [1.82, 2.24) is 4.57 Å². The van der Waals surface area contributed by atoms with Crippen LogP contribution < -0.4 is 0 Å². The van der Waals surface area contributed by atoms with Gasteiger partial charge in [-0.1, -0.05) is 6.07 Å². The smallest absolute Gasteiger partial charge is 0.338 e. The summed E-state index contributed by atoms with van der Waals surface area (Å²) in [6.07, 6.45) is 3.37. The number of hydrogen-bond acceptors (Lipinski definition) is 5. The number of nitrogens with zero attached hydrogens (tertiary/aromatic N) is 1. The van der Waals surface area contributed by atoms with E-state index in [1.54, 1.807) is 12.1 Å². The van der Waals surface area contributed by atoms with Gasteiger partial charge < -0.3 is 14.0 Å². The van der Waals surface area contributed by atoms with Crippen LogP contribution in [0.2, 0.25) is 0 Å². The standard InChI is InChI=1S/C22H25NO5/c1-14-11-19(15(2)23(14)10-9-21(25)27-3)20(24)13-28-22(26)18-8-7-16-5-4-6-17(16)12-18/h7-8,11-12H,4-6,9-10,13H2,1-3H3. The molecule has 28 heavy (non-hydrogen) atoms. The number of ketones is 1. The Morgan fingerprint density at radius 3 is 2.57 bits per heavy atom. The first-order valence-corrected chi connectivity index (χ1v) is 9.46. The molecule has 6 heteroatoms. The van der Waals surface area contributed by atoms with E-state index in [4.69, 9.17) is 4.74 Å². The molecule has 0 N–H and O–H groups in total. The third-order valence-corrected chi connectivity index (χ3v) is 5.31. The molecule has 0 atom stereocenters. The van der Waals surface area contributed by atoms with Gasteiger partial charge in [-0.3, -0.25) is 9.59 Å². The Balaban J connectivity index is 1.63. The molecule has 148 valence electrons. The molecule has 0 radical (unpaired) electrons. The highest BCUT2D eigenvalue weighted by Gasteiger charge is 2.19. The van der Waals surface area contributed by atoms with Crippen LogP contribution in [0.1, 0.15) is 56.1 Å². The number of fused-ring (bicyclic) bond motifs is 1. The summed E-state index contributed by atoms with van der Waals surface area (Å²) in [7, 11) is 1.35. The molecule has 1 aliphatic carbocycles. The van der Waals surface area contributed by atoms with Crippen molar-refractivity contribution in [2.75, 3.05) is 13.7 Å². The summed E-state index contributed by atoms with van der Waals surface area (Å²) in [6, 6.07) is 7.36. The average Bonchev–Trinajstić information content (AvgIpc) is 3.27. The molecule has 6 nitrogen and oxygen atoms in total. The number of methoxy groups -OCH3 is 1. The highest BCUT2D eigenvalue weighted by Crippen LogP contribution is 2.23. The Kier molecular flexibility index (Phi) is 5.97.